The Morgan fingerprint density at radius 1 is 0.875 bits per heavy atom. The molecule has 0 saturated carbocycles. The highest BCUT2D eigenvalue weighted by Gasteiger charge is 2.31. The summed E-state index contributed by atoms with van der Waals surface area (Å²) in [7, 11) is 4.05. The maximum atomic E-state index is 11.4. The zero-order valence-electron chi connectivity index (χ0n) is 14.3. The standard InChI is InChI=1S/C19H26N2O.2ClH/c1-20-14-16-21(2)15-13-19(22,17-9-5-3-6-10-17)18-11-7-4-8-12-18;;/h3-12,20,22H,13-16H2,1-2H3;2*1H. The zero-order valence-corrected chi connectivity index (χ0v) is 15.9. The molecule has 134 valence electrons. The van der Waals surface area contributed by atoms with Crippen LogP contribution in [0, 0.1) is 0 Å². The van der Waals surface area contributed by atoms with E-state index in [0.29, 0.717) is 6.42 Å². The predicted molar refractivity (Wildman–Crippen MR) is 106 cm³/mol. The first-order valence-corrected chi connectivity index (χ1v) is 7.83. The second-order valence-electron chi connectivity index (χ2n) is 5.75. The van der Waals surface area contributed by atoms with Crippen molar-refractivity contribution in [2.75, 3.05) is 33.7 Å². The molecule has 0 spiro atoms. The van der Waals surface area contributed by atoms with E-state index in [4.69, 9.17) is 0 Å². The molecule has 0 aliphatic carbocycles. The minimum Gasteiger partial charge on any atom is -0.380 e. The highest BCUT2D eigenvalue weighted by Crippen LogP contribution is 2.32. The van der Waals surface area contributed by atoms with Gasteiger partial charge in [0.2, 0.25) is 0 Å². The number of aliphatic hydroxyl groups is 1. The number of halogens is 2. The lowest BCUT2D eigenvalue weighted by atomic mass is 9.83. The van der Waals surface area contributed by atoms with E-state index >= 15 is 0 Å². The van der Waals surface area contributed by atoms with Gasteiger partial charge in [0.15, 0.2) is 0 Å². The number of rotatable bonds is 8. The van der Waals surface area contributed by atoms with Crippen LogP contribution in [0.3, 0.4) is 0 Å². The molecule has 3 nitrogen and oxygen atoms in total. The monoisotopic (exact) mass is 370 g/mol. The number of benzene rings is 2. The van der Waals surface area contributed by atoms with Crippen molar-refractivity contribution in [2.45, 2.75) is 12.0 Å². The third kappa shape index (κ3) is 6.08. The Labute approximate surface area is 157 Å². The van der Waals surface area contributed by atoms with Crippen LogP contribution in [0.25, 0.3) is 0 Å². The summed E-state index contributed by atoms with van der Waals surface area (Å²) in [5.41, 5.74) is 0.947. The van der Waals surface area contributed by atoms with Gasteiger partial charge in [0.1, 0.15) is 5.60 Å². The molecule has 0 bridgehead atoms. The van der Waals surface area contributed by atoms with E-state index < -0.39 is 5.60 Å². The Kier molecular flexibility index (Phi) is 10.9. The number of hydrogen-bond acceptors (Lipinski definition) is 3. The van der Waals surface area contributed by atoms with E-state index in [1.807, 2.05) is 67.7 Å². The number of nitrogens with zero attached hydrogens (tertiary/aromatic N) is 1. The molecule has 2 aromatic carbocycles. The molecule has 0 amide bonds. The lowest BCUT2D eigenvalue weighted by molar-refractivity contribution is 0.0606. The molecule has 0 atom stereocenters. The minimum atomic E-state index is -0.948. The summed E-state index contributed by atoms with van der Waals surface area (Å²) in [5.74, 6) is 0. The van der Waals surface area contributed by atoms with Crippen LogP contribution in [0.2, 0.25) is 0 Å². The van der Waals surface area contributed by atoms with E-state index in [2.05, 4.69) is 17.3 Å². The minimum absolute atomic E-state index is 0. The summed E-state index contributed by atoms with van der Waals surface area (Å²) >= 11 is 0. The van der Waals surface area contributed by atoms with Crippen molar-refractivity contribution in [1.82, 2.24) is 10.2 Å². The molecule has 0 unspecified atom stereocenters. The summed E-state index contributed by atoms with van der Waals surface area (Å²) in [6, 6.07) is 19.9. The summed E-state index contributed by atoms with van der Waals surface area (Å²) in [5, 5.41) is 14.5. The van der Waals surface area contributed by atoms with Gasteiger partial charge in [-0.05, 0) is 31.6 Å². The zero-order chi connectivity index (χ0) is 15.8. The van der Waals surface area contributed by atoms with Crippen LogP contribution in [0.4, 0.5) is 0 Å². The maximum absolute atomic E-state index is 11.4. The Bertz CT molecular complexity index is 512. The first kappa shape index (κ1) is 22.9. The lowest BCUT2D eigenvalue weighted by Crippen LogP contribution is -2.35. The van der Waals surface area contributed by atoms with Crippen LogP contribution in [0.15, 0.2) is 60.7 Å². The van der Waals surface area contributed by atoms with Crippen molar-refractivity contribution in [3.8, 4) is 0 Å². The molecule has 0 saturated heterocycles. The summed E-state index contributed by atoms with van der Waals surface area (Å²) in [4.78, 5) is 2.24. The van der Waals surface area contributed by atoms with E-state index in [9.17, 15) is 5.11 Å². The Morgan fingerprint density at radius 3 is 1.75 bits per heavy atom. The van der Waals surface area contributed by atoms with Gasteiger partial charge in [-0.3, -0.25) is 0 Å². The van der Waals surface area contributed by atoms with Gasteiger partial charge in [-0.1, -0.05) is 60.7 Å². The average molecular weight is 371 g/mol. The lowest BCUT2D eigenvalue weighted by Gasteiger charge is -2.31. The smallest absolute Gasteiger partial charge is 0.116 e. The van der Waals surface area contributed by atoms with Crippen molar-refractivity contribution >= 4 is 24.8 Å². The Morgan fingerprint density at radius 2 is 1.33 bits per heavy atom. The highest BCUT2D eigenvalue weighted by molar-refractivity contribution is 5.85. The van der Waals surface area contributed by atoms with Crippen LogP contribution in [-0.2, 0) is 5.60 Å². The van der Waals surface area contributed by atoms with Crippen LogP contribution in [0.1, 0.15) is 17.5 Å². The van der Waals surface area contributed by atoms with Crippen LogP contribution >= 0.6 is 24.8 Å². The molecule has 24 heavy (non-hydrogen) atoms. The molecule has 0 fully saturated rings. The summed E-state index contributed by atoms with van der Waals surface area (Å²) < 4.78 is 0. The normalized spacial score (nSPS) is 10.8. The summed E-state index contributed by atoms with van der Waals surface area (Å²) in [6.45, 7) is 2.75. The molecule has 5 heteroatoms. The van der Waals surface area contributed by atoms with E-state index in [0.717, 1.165) is 30.8 Å². The molecule has 2 aromatic rings. The van der Waals surface area contributed by atoms with Gasteiger partial charge in [-0.25, -0.2) is 0 Å². The van der Waals surface area contributed by atoms with Crippen LogP contribution in [-0.4, -0.2) is 43.7 Å². The van der Waals surface area contributed by atoms with Crippen molar-refractivity contribution < 1.29 is 5.11 Å². The van der Waals surface area contributed by atoms with E-state index in [1.165, 1.54) is 0 Å². The first-order valence-electron chi connectivity index (χ1n) is 7.83. The second-order valence-corrected chi connectivity index (χ2v) is 5.75. The number of nitrogens with one attached hydrogen (secondary N) is 1. The van der Waals surface area contributed by atoms with Crippen molar-refractivity contribution in [1.29, 1.82) is 0 Å². The average Bonchev–Trinajstić information content (AvgIpc) is 2.59. The van der Waals surface area contributed by atoms with Gasteiger partial charge in [-0.15, -0.1) is 24.8 Å². The van der Waals surface area contributed by atoms with Gasteiger partial charge >= 0.3 is 0 Å². The van der Waals surface area contributed by atoms with E-state index in [1.54, 1.807) is 0 Å². The van der Waals surface area contributed by atoms with Gasteiger partial charge in [0, 0.05) is 19.6 Å². The van der Waals surface area contributed by atoms with Crippen LogP contribution in [0.5, 0.6) is 0 Å². The quantitative estimate of drug-likeness (QED) is 0.748. The second kappa shape index (κ2) is 11.5. The van der Waals surface area contributed by atoms with Crippen molar-refractivity contribution in [3.63, 3.8) is 0 Å². The fraction of sp³-hybridized carbons (Fsp3) is 0.368. The van der Waals surface area contributed by atoms with Gasteiger partial charge < -0.3 is 15.3 Å². The fourth-order valence-corrected chi connectivity index (χ4v) is 2.65. The molecule has 0 aliphatic rings. The third-order valence-corrected chi connectivity index (χ3v) is 4.10. The molecule has 0 radical (unpaired) electrons. The Balaban J connectivity index is 0.00000264. The van der Waals surface area contributed by atoms with Gasteiger partial charge in [0.05, 0.1) is 0 Å². The third-order valence-electron chi connectivity index (χ3n) is 4.10. The van der Waals surface area contributed by atoms with Crippen LogP contribution < -0.4 is 5.32 Å². The largest absolute Gasteiger partial charge is 0.380 e. The van der Waals surface area contributed by atoms with Crippen molar-refractivity contribution in [3.05, 3.63) is 71.8 Å². The fourth-order valence-electron chi connectivity index (χ4n) is 2.65. The van der Waals surface area contributed by atoms with Gasteiger partial charge in [-0.2, -0.15) is 0 Å². The van der Waals surface area contributed by atoms with Crippen molar-refractivity contribution in [2.24, 2.45) is 0 Å². The molecular formula is C19H28Cl2N2O. The number of likely N-dealkylation sites (N-methyl/N-ethyl adjacent to an activating group) is 2. The highest BCUT2D eigenvalue weighted by atomic mass is 35.5. The number of hydrogen-bond donors (Lipinski definition) is 2. The predicted octanol–water partition coefficient (Wildman–Crippen LogP) is 3.31. The van der Waals surface area contributed by atoms with Gasteiger partial charge in [0.25, 0.3) is 0 Å². The Hall–Kier alpha value is -1.10. The summed E-state index contributed by atoms with van der Waals surface area (Å²) in [6.07, 6.45) is 0.668. The molecule has 0 aromatic heterocycles. The maximum Gasteiger partial charge on any atom is 0.116 e. The SMILES string of the molecule is CNCCN(C)CCC(O)(c1ccccc1)c1ccccc1.Cl.Cl. The first-order chi connectivity index (χ1) is 10.7. The topological polar surface area (TPSA) is 35.5 Å². The molecule has 0 aliphatic heterocycles. The molecular weight excluding hydrogens is 343 g/mol. The molecule has 2 rings (SSSR count). The van der Waals surface area contributed by atoms with E-state index in [-0.39, 0.29) is 24.8 Å². The molecule has 0 heterocycles. The molecule has 2 N–H and O–H groups in total.